The van der Waals surface area contributed by atoms with Crippen LogP contribution in [0.3, 0.4) is 0 Å². The Morgan fingerprint density at radius 3 is 2.94 bits per heavy atom. The molecule has 2 rings (SSSR count). The van der Waals surface area contributed by atoms with Gasteiger partial charge < -0.3 is 10.5 Å². The summed E-state index contributed by atoms with van der Waals surface area (Å²) in [5, 5.41) is 0. The third-order valence-electron chi connectivity index (χ3n) is 2.28. The van der Waals surface area contributed by atoms with Gasteiger partial charge in [-0.15, -0.1) is 0 Å². The zero-order chi connectivity index (χ0) is 11.5. The number of hydrogen-bond acceptors (Lipinski definition) is 4. The van der Waals surface area contributed by atoms with E-state index in [1.165, 1.54) is 24.7 Å². The van der Waals surface area contributed by atoms with E-state index in [4.69, 9.17) is 10.5 Å². The van der Waals surface area contributed by atoms with E-state index >= 15 is 0 Å². The van der Waals surface area contributed by atoms with Gasteiger partial charge in [0.1, 0.15) is 0 Å². The zero-order valence-electron chi connectivity index (χ0n) is 8.74. The van der Waals surface area contributed by atoms with Crippen LogP contribution in [0.15, 0.2) is 24.4 Å². The Hall–Kier alpha value is -1.46. The van der Waals surface area contributed by atoms with Crippen molar-refractivity contribution < 1.29 is 9.13 Å². The smallest absolute Gasteiger partial charge is 0.165 e. The number of rotatable bonds is 3. The van der Waals surface area contributed by atoms with Crippen molar-refractivity contribution in [3.8, 4) is 16.2 Å². The Morgan fingerprint density at radius 2 is 2.31 bits per heavy atom. The fourth-order valence-electron chi connectivity index (χ4n) is 1.45. The van der Waals surface area contributed by atoms with E-state index in [0.717, 1.165) is 16.0 Å². The van der Waals surface area contributed by atoms with Crippen molar-refractivity contribution in [1.82, 2.24) is 4.37 Å². The van der Waals surface area contributed by atoms with Gasteiger partial charge in [-0.25, -0.2) is 8.76 Å². The number of ether oxygens (including phenoxy) is 1. The lowest BCUT2D eigenvalue weighted by Gasteiger charge is -2.04. The van der Waals surface area contributed by atoms with Crippen LogP contribution in [-0.4, -0.2) is 11.5 Å². The number of nitrogens with two attached hydrogens (primary N) is 1. The number of halogens is 1. The van der Waals surface area contributed by atoms with Gasteiger partial charge in [-0.1, -0.05) is 0 Å². The van der Waals surface area contributed by atoms with Gasteiger partial charge in [0.15, 0.2) is 11.6 Å². The summed E-state index contributed by atoms with van der Waals surface area (Å²) in [5.41, 5.74) is 7.28. The van der Waals surface area contributed by atoms with Gasteiger partial charge in [-0.05, 0) is 35.3 Å². The third kappa shape index (κ3) is 1.91. The molecule has 0 saturated heterocycles. The lowest BCUT2D eigenvalue weighted by molar-refractivity contribution is 0.386. The van der Waals surface area contributed by atoms with Crippen molar-refractivity contribution >= 4 is 11.5 Å². The van der Waals surface area contributed by atoms with Crippen LogP contribution in [-0.2, 0) is 6.54 Å². The highest BCUT2D eigenvalue weighted by atomic mass is 32.1. The SMILES string of the molecule is COc1ccc(-c2sncc2CN)cc1F. The van der Waals surface area contributed by atoms with E-state index in [1.54, 1.807) is 18.3 Å². The van der Waals surface area contributed by atoms with Crippen LogP contribution in [0.4, 0.5) is 4.39 Å². The van der Waals surface area contributed by atoms with Gasteiger partial charge in [0.25, 0.3) is 0 Å². The number of methoxy groups -OCH3 is 1. The molecule has 0 fully saturated rings. The normalized spacial score (nSPS) is 10.4. The average Bonchev–Trinajstić information content (AvgIpc) is 2.77. The fourth-order valence-corrected chi connectivity index (χ4v) is 2.22. The first-order valence-electron chi connectivity index (χ1n) is 4.73. The van der Waals surface area contributed by atoms with E-state index in [1.807, 2.05) is 0 Å². The summed E-state index contributed by atoms with van der Waals surface area (Å²) in [6.07, 6.45) is 1.71. The van der Waals surface area contributed by atoms with Gasteiger partial charge in [0, 0.05) is 18.3 Å². The molecule has 84 valence electrons. The molecule has 2 aromatic rings. The summed E-state index contributed by atoms with van der Waals surface area (Å²) in [7, 11) is 1.44. The number of nitrogens with zero attached hydrogens (tertiary/aromatic N) is 1. The number of benzene rings is 1. The van der Waals surface area contributed by atoms with Gasteiger partial charge in [-0.3, -0.25) is 0 Å². The molecule has 0 spiro atoms. The fraction of sp³-hybridized carbons (Fsp3) is 0.182. The minimum atomic E-state index is -0.378. The molecule has 0 atom stereocenters. The van der Waals surface area contributed by atoms with E-state index in [2.05, 4.69) is 4.37 Å². The molecule has 2 N–H and O–H groups in total. The molecule has 0 amide bonds. The summed E-state index contributed by atoms with van der Waals surface area (Å²) in [4.78, 5) is 0.907. The van der Waals surface area contributed by atoms with Crippen LogP contribution in [0.1, 0.15) is 5.56 Å². The lowest BCUT2D eigenvalue weighted by atomic mass is 10.1. The molecule has 3 nitrogen and oxygen atoms in total. The van der Waals surface area contributed by atoms with Crippen molar-refractivity contribution in [2.45, 2.75) is 6.54 Å². The Kier molecular flexibility index (Phi) is 3.17. The van der Waals surface area contributed by atoms with Crippen molar-refractivity contribution in [1.29, 1.82) is 0 Å². The molecule has 1 aromatic carbocycles. The highest BCUT2D eigenvalue weighted by molar-refractivity contribution is 7.09. The Balaban J connectivity index is 2.45. The number of hydrogen-bond donors (Lipinski definition) is 1. The first kappa shape index (κ1) is 11.0. The summed E-state index contributed by atoms with van der Waals surface area (Å²) in [6, 6.07) is 4.84. The van der Waals surface area contributed by atoms with Gasteiger partial charge in [0.2, 0.25) is 0 Å². The second-order valence-electron chi connectivity index (χ2n) is 3.23. The van der Waals surface area contributed by atoms with E-state index in [9.17, 15) is 4.39 Å². The van der Waals surface area contributed by atoms with Crippen LogP contribution in [0.2, 0.25) is 0 Å². The minimum Gasteiger partial charge on any atom is -0.494 e. The molecule has 0 aliphatic heterocycles. The highest BCUT2D eigenvalue weighted by Crippen LogP contribution is 2.30. The lowest BCUT2D eigenvalue weighted by Crippen LogP contribution is -1.96. The molecule has 0 radical (unpaired) electrons. The molecular formula is C11H11FN2OS. The Morgan fingerprint density at radius 1 is 1.50 bits per heavy atom. The largest absolute Gasteiger partial charge is 0.494 e. The molecule has 0 saturated carbocycles. The van der Waals surface area contributed by atoms with E-state index in [0.29, 0.717) is 6.54 Å². The van der Waals surface area contributed by atoms with Crippen LogP contribution in [0, 0.1) is 5.82 Å². The molecule has 1 heterocycles. The van der Waals surface area contributed by atoms with E-state index < -0.39 is 0 Å². The first-order valence-corrected chi connectivity index (χ1v) is 5.51. The maximum absolute atomic E-state index is 13.5. The second-order valence-corrected chi connectivity index (χ2v) is 4.04. The van der Waals surface area contributed by atoms with E-state index in [-0.39, 0.29) is 11.6 Å². The molecule has 0 aliphatic rings. The predicted molar refractivity (Wildman–Crippen MR) is 62.0 cm³/mol. The molecule has 0 unspecified atom stereocenters. The van der Waals surface area contributed by atoms with Gasteiger partial charge >= 0.3 is 0 Å². The van der Waals surface area contributed by atoms with Crippen molar-refractivity contribution in [3.05, 3.63) is 35.8 Å². The maximum atomic E-state index is 13.5. The van der Waals surface area contributed by atoms with Crippen molar-refractivity contribution in [2.24, 2.45) is 5.73 Å². The quantitative estimate of drug-likeness (QED) is 0.893. The minimum absolute atomic E-state index is 0.238. The summed E-state index contributed by atoms with van der Waals surface area (Å²) >= 11 is 1.31. The summed E-state index contributed by atoms with van der Waals surface area (Å²) in [6.45, 7) is 0.402. The summed E-state index contributed by atoms with van der Waals surface area (Å²) < 4.78 is 22.4. The predicted octanol–water partition coefficient (Wildman–Crippen LogP) is 2.42. The molecular weight excluding hydrogens is 227 g/mol. The molecule has 5 heteroatoms. The summed E-state index contributed by atoms with van der Waals surface area (Å²) in [5.74, 6) is -0.140. The van der Waals surface area contributed by atoms with Gasteiger partial charge in [0.05, 0.1) is 12.0 Å². The van der Waals surface area contributed by atoms with Gasteiger partial charge in [-0.2, -0.15) is 0 Å². The molecule has 0 aliphatic carbocycles. The standard InChI is InChI=1S/C11H11FN2OS/c1-15-10-3-2-7(4-9(10)12)11-8(5-13)6-14-16-11/h2-4,6H,5,13H2,1H3. The van der Waals surface area contributed by atoms with Crippen molar-refractivity contribution in [3.63, 3.8) is 0 Å². The second kappa shape index (κ2) is 4.59. The van der Waals surface area contributed by atoms with Crippen LogP contribution in [0.5, 0.6) is 5.75 Å². The third-order valence-corrected chi connectivity index (χ3v) is 3.17. The molecule has 1 aromatic heterocycles. The topological polar surface area (TPSA) is 48.1 Å². The van der Waals surface area contributed by atoms with Crippen LogP contribution >= 0.6 is 11.5 Å². The molecule has 0 bridgehead atoms. The highest BCUT2D eigenvalue weighted by Gasteiger charge is 2.10. The number of aromatic nitrogens is 1. The Bertz CT molecular complexity index is 498. The van der Waals surface area contributed by atoms with Crippen LogP contribution in [0.25, 0.3) is 10.4 Å². The molecule has 16 heavy (non-hydrogen) atoms. The average molecular weight is 238 g/mol. The van der Waals surface area contributed by atoms with Crippen molar-refractivity contribution in [2.75, 3.05) is 7.11 Å². The Labute approximate surface area is 96.8 Å². The van der Waals surface area contributed by atoms with Crippen LogP contribution < -0.4 is 10.5 Å². The first-order chi connectivity index (χ1) is 7.76. The maximum Gasteiger partial charge on any atom is 0.165 e. The monoisotopic (exact) mass is 238 g/mol. The zero-order valence-corrected chi connectivity index (χ0v) is 9.55.